The van der Waals surface area contributed by atoms with E-state index in [1.54, 1.807) is 18.3 Å². The van der Waals surface area contributed by atoms with Crippen molar-refractivity contribution in [2.75, 3.05) is 37.7 Å². The average Bonchev–Trinajstić information content (AvgIpc) is 3.39. The number of aliphatic carboxylic acids is 1. The summed E-state index contributed by atoms with van der Waals surface area (Å²) in [5.74, 6) is -1.29. The smallest absolute Gasteiger partial charge is 0.305 e. The summed E-state index contributed by atoms with van der Waals surface area (Å²) in [6.07, 6.45) is 5.52. The number of para-hydroxylation sites is 1. The number of rotatable bonds is 8. The van der Waals surface area contributed by atoms with E-state index in [9.17, 15) is 9.59 Å². The first-order valence-corrected chi connectivity index (χ1v) is 13.4. The van der Waals surface area contributed by atoms with Gasteiger partial charge in [-0.3, -0.25) is 9.59 Å². The van der Waals surface area contributed by atoms with E-state index in [1.807, 2.05) is 71.3 Å². The van der Waals surface area contributed by atoms with E-state index in [1.165, 1.54) is 0 Å². The number of nitrogens with one attached hydrogen (secondary N) is 1. The lowest BCUT2D eigenvalue weighted by molar-refractivity contribution is -0.136. The van der Waals surface area contributed by atoms with Gasteiger partial charge >= 0.3 is 5.97 Å². The number of benzene rings is 2. The minimum atomic E-state index is -0.961. The monoisotopic (exact) mass is 548 g/mol. The number of nitrogens with zero attached hydrogens (tertiary/aromatic N) is 5. The third-order valence-corrected chi connectivity index (χ3v) is 6.95. The highest BCUT2D eigenvalue weighted by Gasteiger charge is 2.21. The number of imidazole rings is 1. The molecule has 6 rings (SSSR count). The molecule has 1 aliphatic rings. The summed E-state index contributed by atoms with van der Waals surface area (Å²) in [4.78, 5) is 35.3. The Hall–Kier alpha value is -5.09. The van der Waals surface area contributed by atoms with Crippen LogP contribution in [0.2, 0.25) is 0 Å². The highest BCUT2D eigenvalue weighted by atomic mass is 16.5. The number of morpholine rings is 1. The molecule has 2 aromatic carbocycles. The molecule has 0 saturated carbocycles. The first kappa shape index (κ1) is 26.1. The Kier molecular flexibility index (Phi) is 7.38. The maximum Gasteiger partial charge on any atom is 0.305 e. The average molecular weight is 549 g/mol. The van der Waals surface area contributed by atoms with Crippen molar-refractivity contribution < 1.29 is 19.4 Å². The third kappa shape index (κ3) is 5.64. The summed E-state index contributed by atoms with van der Waals surface area (Å²) in [5, 5.41) is 17.2. The molecule has 3 aromatic heterocycles. The van der Waals surface area contributed by atoms with Crippen LogP contribution >= 0.6 is 0 Å². The van der Waals surface area contributed by atoms with Gasteiger partial charge in [-0.05, 0) is 42.5 Å². The number of hydrogen-bond acceptors (Lipinski definition) is 7. The predicted molar refractivity (Wildman–Crippen MR) is 157 cm³/mol. The first-order valence-electron chi connectivity index (χ1n) is 13.4. The van der Waals surface area contributed by atoms with Crippen molar-refractivity contribution in [1.82, 2.24) is 24.9 Å². The lowest BCUT2D eigenvalue weighted by Gasteiger charge is -2.28. The van der Waals surface area contributed by atoms with Crippen molar-refractivity contribution in [1.29, 1.82) is 0 Å². The molecule has 0 aliphatic carbocycles. The van der Waals surface area contributed by atoms with Crippen molar-refractivity contribution in [3.05, 3.63) is 89.9 Å². The number of carboxylic acids is 1. The van der Waals surface area contributed by atoms with Crippen LogP contribution in [-0.2, 0) is 9.53 Å². The van der Waals surface area contributed by atoms with Gasteiger partial charge in [-0.25, -0.2) is 14.5 Å². The van der Waals surface area contributed by atoms with Gasteiger partial charge in [0.15, 0.2) is 5.65 Å². The lowest BCUT2D eigenvalue weighted by Crippen LogP contribution is -2.36. The molecule has 41 heavy (non-hydrogen) atoms. The van der Waals surface area contributed by atoms with E-state index >= 15 is 0 Å². The molecule has 10 heteroatoms. The lowest BCUT2D eigenvalue weighted by atomic mass is 10.1. The molecule has 0 atom stereocenters. The molecule has 4 heterocycles. The Morgan fingerprint density at radius 1 is 0.951 bits per heavy atom. The fourth-order valence-electron chi connectivity index (χ4n) is 4.89. The first-order chi connectivity index (χ1) is 20.1. The van der Waals surface area contributed by atoms with Crippen molar-refractivity contribution in [3.8, 4) is 11.3 Å². The van der Waals surface area contributed by atoms with E-state index in [4.69, 9.17) is 19.8 Å². The molecule has 0 radical (unpaired) electrons. The number of hydrogen-bond donors (Lipinski definition) is 2. The van der Waals surface area contributed by atoms with Crippen LogP contribution in [-0.4, -0.2) is 69.4 Å². The molecular formula is C31H28N6O4. The Bertz CT molecular complexity index is 1760. The number of carboxylic acid groups (broad SMARTS) is 1. The van der Waals surface area contributed by atoms with Gasteiger partial charge < -0.3 is 20.1 Å². The molecular weight excluding hydrogens is 520 g/mol. The van der Waals surface area contributed by atoms with E-state index in [2.05, 4.69) is 15.3 Å². The second-order valence-electron chi connectivity index (χ2n) is 9.64. The number of carbonyl (C=O) groups excluding carboxylic acids is 1. The van der Waals surface area contributed by atoms with E-state index in [0.717, 1.165) is 52.3 Å². The van der Waals surface area contributed by atoms with Crippen molar-refractivity contribution in [2.24, 2.45) is 0 Å². The Morgan fingerprint density at radius 2 is 1.76 bits per heavy atom. The fourth-order valence-corrected chi connectivity index (χ4v) is 4.89. The minimum Gasteiger partial charge on any atom is -0.481 e. The zero-order chi connectivity index (χ0) is 28.2. The number of ether oxygens (including phenoxy) is 1. The van der Waals surface area contributed by atoms with Crippen LogP contribution in [0.1, 0.15) is 28.2 Å². The summed E-state index contributed by atoms with van der Waals surface area (Å²) in [6, 6.07) is 21.1. The van der Waals surface area contributed by atoms with Crippen LogP contribution in [0.4, 0.5) is 5.69 Å². The summed E-state index contributed by atoms with van der Waals surface area (Å²) in [7, 11) is 0. The van der Waals surface area contributed by atoms with Gasteiger partial charge in [0.1, 0.15) is 5.69 Å². The number of pyridine rings is 1. The molecule has 2 N–H and O–H groups in total. The van der Waals surface area contributed by atoms with Crippen molar-refractivity contribution in [3.63, 3.8) is 0 Å². The number of amides is 1. The highest BCUT2D eigenvalue weighted by molar-refractivity contribution is 5.95. The number of fused-ring (bicyclic) bond motifs is 2. The topological polar surface area (TPSA) is 122 Å². The molecule has 0 bridgehead atoms. The zero-order valence-electron chi connectivity index (χ0n) is 22.2. The maximum atomic E-state index is 12.5. The Labute approximate surface area is 235 Å². The van der Waals surface area contributed by atoms with Gasteiger partial charge in [-0.15, -0.1) is 0 Å². The maximum absolute atomic E-state index is 12.5. The normalized spacial score (nSPS) is 13.7. The van der Waals surface area contributed by atoms with Crippen molar-refractivity contribution in [2.45, 2.75) is 6.42 Å². The quantitative estimate of drug-likeness (QED) is 0.297. The molecule has 1 saturated heterocycles. The second-order valence-corrected chi connectivity index (χ2v) is 9.64. The Morgan fingerprint density at radius 3 is 2.56 bits per heavy atom. The minimum absolute atomic E-state index is 0.0646. The van der Waals surface area contributed by atoms with Gasteiger partial charge in [0, 0.05) is 36.1 Å². The van der Waals surface area contributed by atoms with Gasteiger partial charge in [0.2, 0.25) is 0 Å². The molecule has 1 amide bonds. The van der Waals surface area contributed by atoms with Gasteiger partial charge in [0.25, 0.3) is 5.91 Å². The molecule has 1 fully saturated rings. The summed E-state index contributed by atoms with van der Waals surface area (Å²) in [6.45, 7) is 2.89. The van der Waals surface area contributed by atoms with Crippen LogP contribution in [0.3, 0.4) is 0 Å². The molecule has 5 aromatic rings. The van der Waals surface area contributed by atoms with Crippen LogP contribution in [0.15, 0.2) is 72.9 Å². The van der Waals surface area contributed by atoms with Gasteiger partial charge in [-0.1, -0.05) is 36.4 Å². The molecule has 0 spiro atoms. The van der Waals surface area contributed by atoms with Gasteiger partial charge in [-0.2, -0.15) is 5.10 Å². The molecule has 206 valence electrons. The standard InChI is InChI=1S/C31H28N6O4/c38-28(39)14-15-32-31(40)23-7-5-22(6-8-23)29-26(12-11-24-10-9-21-3-1-2-4-25(21)34-24)35-30-27(13-16-33-37(29)30)36-17-19-41-20-18-36/h1-13,16H,14-15,17-20H2,(H,32,40)(H,38,39). The highest BCUT2D eigenvalue weighted by Crippen LogP contribution is 2.31. The van der Waals surface area contributed by atoms with E-state index < -0.39 is 5.97 Å². The van der Waals surface area contributed by atoms with Crippen LogP contribution < -0.4 is 10.2 Å². The van der Waals surface area contributed by atoms with Crippen molar-refractivity contribution >= 4 is 46.3 Å². The van der Waals surface area contributed by atoms with Crippen LogP contribution in [0.25, 0.3) is 40.0 Å². The van der Waals surface area contributed by atoms with E-state index in [0.29, 0.717) is 24.5 Å². The number of anilines is 1. The zero-order valence-corrected chi connectivity index (χ0v) is 22.2. The largest absolute Gasteiger partial charge is 0.481 e. The van der Waals surface area contributed by atoms with Crippen LogP contribution in [0.5, 0.6) is 0 Å². The fraction of sp³-hybridized carbons (Fsp3) is 0.194. The summed E-state index contributed by atoms with van der Waals surface area (Å²) < 4.78 is 7.39. The third-order valence-electron chi connectivity index (χ3n) is 6.95. The molecule has 1 aliphatic heterocycles. The molecule has 0 unspecified atom stereocenters. The summed E-state index contributed by atoms with van der Waals surface area (Å²) in [5.41, 5.74) is 6.19. The molecule has 10 nitrogen and oxygen atoms in total. The van der Waals surface area contributed by atoms with Crippen LogP contribution in [0, 0.1) is 0 Å². The second kappa shape index (κ2) is 11.6. The van der Waals surface area contributed by atoms with E-state index in [-0.39, 0.29) is 18.9 Å². The number of carbonyl (C=O) groups is 2. The SMILES string of the molecule is O=C(O)CCNC(=O)c1ccc(-c2c(C=Cc3ccc4ccccc4n3)nc3c(N4CCOCC4)ccnn23)cc1. The number of aromatic nitrogens is 4. The van der Waals surface area contributed by atoms with Gasteiger partial charge in [0.05, 0.1) is 48.4 Å². The predicted octanol–water partition coefficient (Wildman–Crippen LogP) is 4.16. The Balaban J connectivity index is 1.39. The summed E-state index contributed by atoms with van der Waals surface area (Å²) >= 11 is 0.